The number of ether oxygens (including phenoxy) is 2. The first-order valence-electron chi connectivity index (χ1n) is 8.07. The molecule has 0 aromatic heterocycles. The van der Waals surface area contributed by atoms with Gasteiger partial charge in [0.05, 0.1) is 18.8 Å². The van der Waals surface area contributed by atoms with E-state index in [1.54, 1.807) is 6.07 Å². The van der Waals surface area contributed by atoms with Gasteiger partial charge in [0.15, 0.2) is 11.5 Å². The van der Waals surface area contributed by atoms with Gasteiger partial charge in [-0.3, -0.25) is 4.79 Å². The van der Waals surface area contributed by atoms with Gasteiger partial charge in [-0.15, -0.1) is 0 Å². The molecule has 0 atom stereocenters. The van der Waals surface area contributed by atoms with Crippen molar-refractivity contribution in [1.29, 1.82) is 0 Å². The fourth-order valence-electron chi connectivity index (χ4n) is 2.31. The molecule has 1 amide bonds. The summed E-state index contributed by atoms with van der Waals surface area (Å²) in [4.78, 5) is 12.2. The standard InChI is InChI=1S/C19H22BrNO3/c1-3-23-17-10-9-14(13-18(17)24-4-2)11-12-21-19(22)15-7-5-6-8-16(15)20/h5-10,13H,3-4,11-12H2,1-2H3,(H,21,22). The lowest BCUT2D eigenvalue weighted by Crippen LogP contribution is -2.26. The van der Waals surface area contributed by atoms with E-state index in [0.29, 0.717) is 25.3 Å². The van der Waals surface area contributed by atoms with Gasteiger partial charge in [0, 0.05) is 11.0 Å². The Morgan fingerprint density at radius 1 is 1.04 bits per heavy atom. The molecule has 0 heterocycles. The van der Waals surface area contributed by atoms with Crippen LogP contribution in [0.2, 0.25) is 0 Å². The molecule has 0 saturated carbocycles. The molecule has 0 unspecified atom stereocenters. The second-order valence-corrected chi connectivity index (χ2v) is 5.99. The van der Waals surface area contributed by atoms with E-state index in [9.17, 15) is 4.79 Å². The van der Waals surface area contributed by atoms with E-state index in [0.717, 1.165) is 28.0 Å². The number of halogens is 1. The van der Waals surface area contributed by atoms with E-state index < -0.39 is 0 Å². The minimum absolute atomic E-state index is 0.0848. The molecule has 0 aliphatic rings. The minimum atomic E-state index is -0.0848. The fraction of sp³-hybridized carbons (Fsp3) is 0.316. The van der Waals surface area contributed by atoms with Crippen LogP contribution in [0.4, 0.5) is 0 Å². The Balaban J connectivity index is 1.95. The first kappa shape index (κ1) is 18.3. The molecule has 2 rings (SSSR count). The summed E-state index contributed by atoms with van der Waals surface area (Å²) in [6, 6.07) is 13.3. The highest BCUT2D eigenvalue weighted by molar-refractivity contribution is 9.10. The van der Waals surface area contributed by atoms with Crippen LogP contribution < -0.4 is 14.8 Å². The zero-order valence-corrected chi connectivity index (χ0v) is 15.6. The lowest BCUT2D eigenvalue weighted by molar-refractivity contribution is 0.0953. The van der Waals surface area contributed by atoms with Gasteiger partial charge in [-0.2, -0.15) is 0 Å². The predicted octanol–water partition coefficient (Wildman–Crippen LogP) is 4.22. The normalized spacial score (nSPS) is 10.3. The van der Waals surface area contributed by atoms with Crippen molar-refractivity contribution in [2.75, 3.05) is 19.8 Å². The van der Waals surface area contributed by atoms with Crippen molar-refractivity contribution in [2.45, 2.75) is 20.3 Å². The molecule has 0 aliphatic heterocycles. The van der Waals surface area contributed by atoms with Crippen molar-refractivity contribution in [1.82, 2.24) is 5.32 Å². The monoisotopic (exact) mass is 391 g/mol. The zero-order chi connectivity index (χ0) is 17.4. The number of amides is 1. The second kappa shape index (κ2) is 9.33. The molecule has 0 aliphatic carbocycles. The Hall–Kier alpha value is -2.01. The molecule has 128 valence electrons. The maximum absolute atomic E-state index is 12.2. The number of carbonyl (C=O) groups is 1. The van der Waals surface area contributed by atoms with Gasteiger partial charge in [-0.25, -0.2) is 0 Å². The molecule has 1 N–H and O–H groups in total. The average molecular weight is 392 g/mol. The summed E-state index contributed by atoms with van der Waals surface area (Å²) in [5.74, 6) is 1.41. The molecule has 0 spiro atoms. The summed E-state index contributed by atoms with van der Waals surface area (Å²) in [5, 5.41) is 2.94. The van der Waals surface area contributed by atoms with Gasteiger partial charge < -0.3 is 14.8 Å². The highest BCUT2D eigenvalue weighted by Crippen LogP contribution is 2.28. The van der Waals surface area contributed by atoms with Crippen molar-refractivity contribution in [2.24, 2.45) is 0 Å². The molecule has 2 aromatic carbocycles. The van der Waals surface area contributed by atoms with Crippen LogP contribution in [0.5, 0.6) is 11.5 Å². The quantitative estimate of drug-likeness (QED) is 0.732. The molecule has 5 heteroatoms. The van der Waals surface area contributed by atoms with Crippen LogP contribution in [0.3, 0.4) is 0 Å². The summed E-state index contributed by atoms with van der Waals surface area (Å²) < 4.78 is 12.0. The number of carbonyl (C=O) groups excluding carboxylic acids is 1. The van der Waals surface area contributed by atoms with Crippen LogP contribution >= 0.6 is 15.9 Å². The second-order valence-electron chi connectivity index (χ2n) is 5.13. The maximum atomic E-state index is 12.2. The Morgan fingerprint density at radius 3 is 2.46 bits per heavy atom. The molecular formula is C19H22BrNO3. The molecular weight excluding hydrogens is 370 g/mol. The van der Waals surface area contributed by atoms with Gasteiger partial charge in [-0.05, 0) is 66.0 Å². The van der Waals surface area contributed by atoms with Crippen molar-refractivity contribution in [3.63, 3.8) is 0 Å². The fourth-order valence-corrected chi connectivity index (χ4v) is 2.78. The van der Waals surface area contributed by atoms with Crippen molar-refractivity contribution < 1.29 is 14.3 Å². The Kier molecular flexibility index (Phi) is 7.12. The van der Waals surface area contributed by atoms with E-state index in [4.69, 9.17) is 9.47 Å². The van der Waals surface area contributed by atoms with Crippen LogP contribution in [-0.2, 0) is 6.42 Å². The Labute approximate surface area is 151 Å². The third-order valence-electron chi connectivity index (χ3n) is 3.43. The summed E-state index contributed by atoms with van der Waals surface area (Å²) >= 11 is 3.39. The van der Waals surface area contributed by atoms with Crippen molar-refractivity contribution in [3.05, 3.63) is 58.1 Å². The number of benzene rings is 2. The molecule has 4 nitrogen and oxygen atoms in total. The first-order valence-corrected chi connectivity index (χ1v) is 8.86. The molecule has 24 heavy (non-hydrogen) atoms. The molecule has 0 radical (unpaired) electrons. The SMILES string of the molecule is CCOc1ccc(CCNC(=O)c2ccccc2Br)cc1OCC. The minimum Gasteiger partial charge on any atom is -0.490 e. The van der Waals surface area contributed by atoms with E-state index in [1.807, 2.05) is 50.2 Å². The number of nitrogens with one attached hydrogen (secondary N) is 1. The van der Waals surface area contributed by atoms with E-state index in [2.05, 4.69) is 21.2 Å². The van der Waals surface area contributed by atoms with Crippen LogP contribution in [0, 0.1) is 0 Å². The highest BCUT2D eigenvalue weighted by atomic mass is 79.9. The summed E-state index contributed by atoms with van der Waals surface area (Å²) in [5.41, 5.74) is 1.73. The zero-order valence-electron chi connectivity index (χ0n) is 14.0. The third kappa shape index (κ3) is 4.99. The largest absolute Gasteiger partial charge is 0.490 e. The number of rotatable bonds is 8. The van der Waals surface area contributed by atoms with Gasteiger partial charge in [0.1, 0.15) is 0 Å². The van der Waals surface area contributed by atoms with Crippen LogP contribution in [0.15, 0.2) is 46.9 Å². The molecule has 2 aromatic rings. The summed E-state index contributed by atoms with van der Waals surface area (Å²) in [6.07, 6.45) is 0.725. The van der Waals surface area contributed by atoms with E-state index in [1.165, 1.54) is 0 Å². The average Bonchev–Trinajstić information content (AvgIpc) is 2.58. The van der Waals surface area contributed by atoms with Crippen LogP contribution in [0.25, 0.3) is 0 Å². The third-order valence-corrected chi connectivity index (χ3v) is 4.12. The van der Waals surface area contributed by atoms with Gasteiger partial charge in [-0.1, -0.05) is 18.2 Å². The van der Waals surface area contributed by atoms with Gasteiger partial charge >= 0.3 is 0 Å². The predicted molar refractivity (Wildman–Crippen MR) is 99.0 cm³/mol. The van der Waals surface area contributed by atoms with E-state index >= 15 is 0 Å². The van der Waals surface area contributed by atoms with Crippen LogP contribution in [0.1, 0.15) is 29.8 Å². The van der Waals surface area contributed by atoms with Crippen LogP contribution in [-0.4, -0.2) is 25.7 Å². The highest BCUT2D eigenvalue weighted by Gasteiger charge is 2.09. The smallest absolute Gasteiger partial charge is 0.252 e. The Bertz CT molecular complexity index is 688. The lowest BCUT2D eigenvalue weighted by Gasteiger charge is -2.13. The Morgan fingerprint density at radius 2 is 1.75 bits per heavy atom. The maximum Gasteiger partial charge on any atom is 0.252 e. The topological polar surface area (TPSA) is 47.6 Å². The molecule has 0 bridgehead atoms. The van der Waals surface area contributed by atoms with E-state index in [-0.39, 0.29) is 5.91 Å². The van der Waals surface area contributed by atoms with Crippen molar-refractivity contribution in [3.8, 4) is 11.5 Å². The molecule has 0 saturated heterocycles. The molecule has 0 fully saturated rings. The summed E-state index contributed by atoms with van der Waals surface area (Å²) in [6.45, 7) is 5.63. The lowest BCUT2D eigenvalue weighted by atomic mass is 10.1. The summed E-state index contributed by atoms with van der Waals surface area (Å²) in [7, 11) is 0. The van der Waals surface area contributed by atoms with Gasteiger partial charge in [0.2, 0.25) is 0 Å². The van der Waals surface area contributed by atoms with Crippen molar-refractivity contribution >= 4 is 21.8 Å². The van der Waals surface area contributed by atoms with Gasteiger partial charge in [0.25, 0.3) is 5.91 Å². The first-order chi connectivity index (χ1) is 11.7. The number of hydrogen-bond acceptors (Lipinski definition) is 3. The number of hydrogen-bond donors (Lipinski definition) is 1.